The normalized spacial score (nSPS) is 15.8. The Morgan fingerprint density at radius 1 is 1.24 bits per heavy atom. The molecule has 0 spiro atoms. The summed E-state index contributed by atoms with van der Waals surface area (Å²) in [6, 6.07) is 8.20. The van der Waals surface area contributed by atoms with Gasteiger partial charge in [-0.2, -0.15) is 0 Å². The van der Waals surface area contributed by atoms with Crippen LogP contribution < -0.4 is 5.73 Å². The molecule has 0 radical (unpaired) electrons. The van der Waals surface area contributed by atoms with Crippen molar-refractivity contribution in [3.63, 3.8) is 0 Å². The minimum atomic E-state index is -0.185. The van der Waals surface area contributed by atoms with Gasteiger partial charge in [-0.1, -0.05) is 24.3 Å². The number of amides is 1. The van der Waals surface area contributed by atoms with Crippen LogP contribution in [0.2, 0.25) is 0 Å². The second-order valence-corrected chi connectivity index (χ2v) is 4.23. The summed E-state index contributed by atoms with van der Waals surface area (Å²) in [4.78, 5) is 13.2. The van der Waals surface area contributed by atoms with Crippen LogP contribution in [0, 0.1) is 0 Å². The maximum absolute atomic E-state index is 11.4. The van der Waals surface area contributed by atoms with Crippen LogP contribution in [0.3, 0.4) is 0 Å². The maximum atomic E-state index is 11.4. The third-order valence-corrected chi connectivity index (χ3v) is 2.99. The lowest BCUT2D eigenvalue weighted by Gasteiger charge is -2.26. The van der Waals surface area contributed by atoms with Gasteiger partial charge in [0.15, 0.2) is 0 Å². The second-order valence-electron chi connectivity index (χ2n) is 4.23. The second kappa shape index (κ2) is 5.68. The van der Waals surface area contributed by atoms with Crippen molar-refractivity contribution in [3.05, 3.63) is 35.4 Å². The Morgan fingerprint density at radius 2 is 1.94 bits per heavy atom. The van der Waals surface area contributed by atoms with Crippen molar-refractivity contribution in [2.24, 2.45) is 5.73 Å². The monoisotopic (exact) mass is 234 g/mol. The lowest BCUT2D eigenvalue weighted by molar-refractivity contribution is 0.0735. The zero-order valence-electron chi connectivity index (χ0n) is 9.89. The van der Waals surface area contributed by atoms with Crippen LogP contribution in [0.5, 0.6) is 0 Å². The van der Waals surface area contributed by atoms with E-state index in [-0.39, 0.29) is 6.09 Å². The summed E-state index contributed by atoms with van der Waals surface area (Å²) in [6.45, 7) is 2.65. The van der Waals surface area contributed by atoms with Gasteiger partial charge >= 0.3 is 6.09 Å². The topological polar surface area (TPSA) is 55.6 Å². The third kappa shape index (κ3) is 3.20. The molecule has 1 saturated heterocycles. The first-order chi connectivity index (χ1) is 8.29. The highest BCUT2D eigenvalue weighted by Crippen LogP contribution is 2.08. The van der Waals surface area contributed by atoms with Crippen molar-refractivity contribution in [1.29, 1.82) is 0 Å². The molecular formula is C13H18N2O2. The van der Waals surface area contributed by atoms with E-state index in [1.807, 2.05) is 12.1 Å². The van der Waals surface area contributed by atoms with Gasteiger partial charge in [0.1, 0.15) is 0 Å². The number of carbonyl (C=O) groups is 1. The molecule has 0 aromatic heterocycles. The summed E-state index contributed by atoms with van der Waals surface area (Å²) in [6.07, 6.45) is 1.60. The van der Waals surface area contributed by atoms with Crippen LogP contribution in [-0.2, 0) is 17.7 Å². The van der Waals surface area contributed by atoms with Crippen molar-refractivity contribution in [2.45, 2.75) is 19.4 Å². The summed E-state index contributed by atoms with van der Waals surface area (Å²) < 4.78 is 4.99. The Bertz CT molecular complexity index is 376. The van der Waals surface area contributed by atoms with Crippen LogP contribution in [0.25, 0.3) is 0 Å². The molecule has 92 valence electrons. The number of nitrogens with zero attached hydrogens (tertiary/aromatic N) is 1. The molecule has 4 nitrogen and oxygen atoms in total. The molecule has 1 fully saturated rings. The van der Waals surface area contributed by atoms with Gasteiger partial charge in [0.2, 0.25) is 0 Å². The van der Waals surface area contributed by atoms with E-state index in [4.69, 9.17) is 10.5 Å². The molecule has 0 atom stereocenters. The summed E-state index contributed by atoms with van der Waals surface area (Å²) >= 11 is 0. The lowest BCUT2D eigenvalue weighted by atomic mass is 10.1. The van der Waals surface area contributed by atoms with E-state index < -0.39 is 0 Å². The first-order valence-electron chi connectivity index (χ1n) is 5.99. The Morgan fingerprint density at radius 3 is 2.59 bits per heavy atom. The molecule has 0 bridgehead atoms. The number of hydrogen-bond donors (Lipinski definition) is 1. The minimum absolute atomic E-state index is 0.185. The molecule has 2 rings (SSSR count). The molecule has 1 aromatic carbocycles. The zero-order chi connectivity index (χ0) is 12.1. The largest absolute Gasteiger partial charge is 0.449 e. The zero-order valence-corrected chi connectivity index (χ0v) is 9.89. The molecule has 17 heavy (non-hydrogen) atoms. The van der Waals surface area contributed by atoms with Crippen molar-refractivity contribution in [1.82, 2.24) is 4.90 Å². The number of rotatable bonds is 4. The first kappa shape index (κ1) is 11.9. The van der Waals surface area contributed by atoms with E-state index in [0.29, 0.717) is 13.2 Å². The van der Waals surface area contributed by atoms with E-state index in [0.717, 1.165) is 31.5 Å². The Labute approximate surface area is 101 Å². The molecule has 1 aliphatic rings. The number of benzene rings is 1. The third-order valence-electron chi connectivity index (χ3n) is 2.99. The highest BCUT2D eigenvalue weighted by atomic mass is 16.6. The predicted octanol–water partition coefficient (Wildman–Crippen LogP) is 1.53. The number of cyclic esters (lactones) is 1. The quantitative estimate of drug-likeness (QED) is 0.859. The van der Waals surface area contributed by atoms with E-state index in [2.05, 4.69) is 12.1 Å². The fraction of sp³-hybridized carbons (Fsp3) is 0.462. The maximum Gasteiger partial charge on any atom is 0.409 e. The fourth-order valence-electron chi connectivity index (χ4n) is 1.91. The minimum Gasteiger partial charge on any atom is -0.449 e. The van der Waals surface area contributed by atoms with Gasteiger partial charge in [-0.25, -0.2) is 4.79 Å². The van der Waals surface area contributed by atoms with Crippen molar-refractivity contribution < 1.29 is 9.53 Å². The SMILES string of the molecule is NCc1ccc(CCN2CCCOC2=O)cc1. The van der Waals surface area contributed by atoms with Crippen LogP contribution >= 0.6 is 0 Å². The molecule has 0 saturated carbocycles. The summed E-state index contributed by atoms with van der Waals surface area (Å²) in [5, 5.41) is 0. The van der Waals surface area contributed by atoms with Gasteiger partial charge in [0.25, 0.3) is 0 Å². The standard InChI is InChI=1S/C13H18N2O2/c14-10-12-4-2-11(3-5-12)6-8-15-7-1-9-17-13(15)16/h2-5H,1,6-10,14H2. The summed E-state index contributed by atoms with van der Waals surface area (Å²) in [5.41, 5.74) is 7.89. The van der Waals surface area contributed by atoms with Crippen molar-refractivity contribution in [3.8, 4) is 0 Å². The van der Waals surface area contributed by atoms with Gasteiger partial charge in [0, 0.05) is 19.6 Å². The smallest absolute Gasteiger partial charge is 0.409 e. The van der Waals surface area contributed by atoms with E-state index >= 15 is 0 Å². The molecule has 1 aromatic rings. The lowest BCUT2D eigenvalue weighted by Crippen LogP contribution is -2.38. The molecule has 0 unspecified atom stereocenters. The van der Waals surface area contributed by atoms with Gasteiger partial charge in [-0.05, 0) is 24.0 Å². The number of carbonyl (C=O) groups excluding carboxylic acids is 1. The fourth-order valence-corrected chi connectivity index (χ4v) is 1.91. The predicted molar refractivity (Wildman–Crippen MR) is 65.6 cm³/mol. The molecular weight excluding hydrogens is 216 g/mol. The Hall–Kier alpha value is -1.55. The number of nitrogens with two attached hydrogens (primary N) is 1. The number of ether oxygens (including phenoxy) is 1. The average Bonchev–Trinajstić information content (AvgIpc) is 2.38. The number of hydrogen-bond acceptors (Lipinski definition) is 3. The summed E-state index contributed by atoms with van der Waals surface area (Å²) in [5.74, 6) is 0. The molecule has 4 heteroatoms. The molecule has 1 heterocycles. The van der Waals surface area contributed by atoms with Crippen molar-refractivity contribution in [2.75, 3.05) is 19.7 Å². The molecule has 1 aliphatic heterocycles. The highest BCUT2D eigenvalue weighted by Gasteiger charge is 2.18. The van der Waals surface area contributed by atoms with Gasteiger partial charge in [0.05, 0.1) is 6.61 Å². The van der Waals surface area contributed by atoms with Crippen LogP contribution in [0.4, 0.5) is 4.79 Å². The van der Waals surface area contributed by atoms with E-state index in [1.165, 1.54) is 5.56 Å². The Balaban J connectivity index is 1.86. The van der Waals surface area contributed by atoms with Crippen LogP contribution in [-0.4, -0.2) is 30.7 Å². The van der Waals surface area contributed by atoms with Crippen LogP contribution in [0.1, 0.15) is 17.5 Å². The van der Waals surface area contributed by atoms with Gasteiger partial charge in [-0.15, -0.1) is 0 Å². The molecule has 1 amide bonds. The first-order valence-corrected chi connectivity index (χ1v) is 5.99. The highest BCUT2D eigenvalue weighted by molar-refractivity contribution is 5.68. The van der Waals surface area contributed by atoms with E-state index in [9.17, 15) is 4.79 Å². The molecule has 2 N–H and O–H groups in total. The van der Waals surface area contributed by atoms with Gasteiger partial charge < -0.3 is 15.4 Å². The van der Waals surface area contributed by atoms with Gasteiger partial charge in [-0.3, -0.25) is 0 Å². The van der Waals surface area contributed by atoms with Crippen LogP contribution in [0.15, 0.2) is 24.3 Å². The molecule has 0 aliphatic carbocycles. The Kier molecular flexibility index (Phi) is 3.98. The summed E-state index contributed by atoms with van der Waals surface area (Å²) in [7, 11) is 0. The van der Waals surface area contributed by atoms with Crippen molar-refractivity contribution >= 4 is 6.09 Å². The average molecular weight is 234 g/mol. The van der Waals surface area contributed by atoms with E-state index in [1.54, 1.807) is 4.90 Å².